The number of aliphatic hydroxyl groups is 1. The number of ether oxygens (including phenoxy) is 2. The van der Waals surface area contributed by atoms with E-state index in [2.05, 4.69) is 16.8 Å². The zero-order chi connectivity index (χ0) is 47.4. The van der Waals surface area contributed by atoms with Crippen LogP contribution in [0.1, 0.15) is 135 Å². The Hall–Kier alpha value is -2.58. The van der Waals surface area contributed by atoms with E-state index in [1.165, 1.54) is 0 Å². The van der Waals surface area contributed by atoms with Crippen LogP contribution in [-0.4, -0.2) is 160 Å². The van der Waals surface area contributed by atoms with Gasteiger partial charge in [-0.2, -0.15) is 0 Å². The minimum atomic E-state index is 0.119. The second-order valence-corrected chi connectivity index (χ2v) is 17.5. The second-order valence-electron chi connectivity index (χ2n) is 17.5. The minimum absolute atomic E-state index is 0.119. The number of rotatable bonds is 18. The Morgan fingerprint density at radius 1 is 0.567 bits per heavy atom. The fraction of sp³-hybridized carbons (Fsp3) is 0.872. The number of hydrogen-bond donors (Lipinski definition) is 1. The molecular formula is C47H94N4O9. The molecule has 60 heavy (non-hydrogen) atoms. The molecule has 0 aromatic heterocycles. The number of piperazine rings is 1. The molecule has 0 saturated carbocycles. The van der Waals surface area contributed by atoms with Crippen LogP contribution >= 0.6 is 0 Å². The van der Waals surface area contributed by atoms with Crippen molar-refractivity contribution in [3.05, 3.63) is 0 Å². The SMILES string of the molecule is CC(C)C(=O)CCCN(C)C.CC(C)C(=O)CCCO.CC(C)C(=O)N1CCN(C)CC1.CC(C)C(=O)N1CCOCC1.CCC(=O)C(C)C.COCCCC(=O)C(C)C. The molecule has 2 rings (SSSR count). The maximum atomic E-state index is 11.5. The van der Waals surface area contributed by atoms with Crippen molar-refractivity contribution in [2.45, 2.75) is 135 Å². The predicted octanol–water partition coefficient (Wildman–Crippen LogP) is 6.71. The third kappa shape index (κ3) is 39.5. The lowest BCUT2D eigenvalue weighted by Crippen LogP contribution is -2.48. The Bertz CT molecular complexity index is 1110. The molecule has 0 radical (unpaired) electrons. The van der Waals surface area contributed by atoms with Gasteiger partial charge in [-0.3, -0.25) is 28.8 Å². The van der Waals surface area contributed by atoms with Crippen molar-refractivity contribution < 1.29 is 43.3 Å². The van der Waals surface area contributed by atoms with Gasteiger partial charge >= 0.3 is 0 Å². The van der Waals surface area contributed by atoms with Crippen molar-refractivity contribution in [1.29, 1.82) is 0 Å². The second kappa shape index (κ2) is 40.5. The number of carbonyl (C=O) groups excluding carboxylic acids is 6. The van der Waals surface area contributed by atoms with Gasteiger partial charge in [0.05, 0.1) is 13.2 Å². The number of Topliss-reactive ketones (excluding diaryl/α,β-unsaturated/α-hetero) is 4. The highest BCUT2D eigenvalue weighted by Crippen LogP contribution is 2.07. The molecule has 2 amide bonds. The molecule has 1 N–H and O–H groups in total. The van der Waals surface area contributed by atoms with Crippen LogP contribution in [0, 0.1) is 35.5 Å². The van der Waals surface area contributed by atoms with Gasteiger partial charge in [-0.1, -0.05) is 90.0 Å². The zero-order valence-corrected chi connectivity index (χ0v) is 41.7. The van der Waals surface area contributed by atoms with E-state index in [9.17, 15) is 28.8 Å². The van der Waals surface area contributed by atoms with Gasteiger partial charge in [0.2, 0.25) is 11.8 Å². The number of amides is 2. The smallest absolute Gasteiger partial charge is 0.225 e. The van der Waals surface area contributed by atoms with Gasteiger partial charge in [0.25, 0.3) is 0 Å². The fourth-order valence-corrected chi connectivity index (χ4v) is 5.03. The molecule has 2 aliphatic rings. The zero-order valence-electron chi connectivity index (χ0n) is 41.7. The number of likely N-dealkylation sites (N-methyl/N-ethyl adjacent to an activating group) is 1. The number of aliphatic hydroxyl groups excluding tert-OH is 1. The van der Waals surface area contributed by atoms with Crippen molar-refractivity contribution in [3.8, 4) is 0 Å². The van der Waals surface area contributed by atoms with Gasteiger partial charge in [0, 0.05) is 121 Å². The van der Waals surface area contributed by atoms with Crippen LogP contribution in [0.4, 0.5) is 0 Å². The Morgan fingerprint density at radius 2 is 0.933 bits per heavy atom. The van der Waals surface area contributed by atoms with Crippen molar-refractivity contribution >= 4 is 34.9 Å². The summed E-state index contributed by atoms with van der Waals surface area (Å²) in [5.41, 5.74) is 0. The van der Waals surface area contributed by atoms with Crippen molar-refractivity contribution in [2.75, 3.05) is 100 Å². The summed E-state index contributed by atoms with van der Waals surface area (Å²) in [6.07, 6.45) is 5.04. The summed E-state index contributed by atoms with van der Waals surface area (Å²) in [7, 11) is 7.80. The molecule has 0 aromatic carbocycles. The summed E-state index contributed by atoms with van der Waals surface area (Å²) in [6.45, 7) is 33.6. The first kappa shape index (κ1) is 64.1. The van der Waals surface area contributed by atoms with Gasteiger partial charge in [0.15, 0.2) is 0 Å². The van der Waals surface area contributed by atoms with E-state index in [-0.39, 0.29) is 53.8 Å². The van der Waals surface area contributed by atoms with E-state index >= 15 is 0 Å². The van der Waals surface area contributed by atoms with E-state index in [4.69, 9.17) is 14.6 Å². The lowest BCUT2D eigenvalue weighted by molar-refractivity contribution is -0.138. The standard InChI is InChI=1S/C9H18N2O.C9H19NO.C8H15NO2.C8H16O2.C7H14O2.C6H12O/c1-8(2)9(12)11-6-4-10(3)5-7-11;1-8(2)9(11)6-5-7-10(3)4;1-7(2)8(10)9-3-5-11-6-4-9;1-7(2)8(9)5-4-6-10-3;1-6(2)7(9)4-3-5-8;1-4-6(7)5(2)3/h8H,4-7H2,1-3H3;8H,5-7H2,1-4H3;7H,3-6H2,1-2H3;7H,4-6H2,1-3H3;6,8H,3-5H2,1-2H3;5H,4H2,1-3H3. The summed E-state index contributed by atoms with van der Waals surface area (Å²) in [5.74, 6) is 2.83. The van der Waals surface area contributed by atoms with Crippen molar-refractivity contribution in [1.82, 2.24) is 19.6 Å². The Balaban J connectivity index is -0.000000316. The highest BCUT2D eigenvalue weighted by atomic mass is 16.5. The largest absolute Gasteiger partial charge is 0.396 e. The minimum Gasteiger partial charge on any atom is -0.396 e. The summed E-state index contributed by atoms with van der Waals surface area (Å²) in [6, 6.07) is 0. The average molecular weight is 859 g/mol. The van der Waals surface area contributed by atoms with E-state index in [0.717, 1.165) is 65.1 Å². The normalized spacial score (nSPS) is 13.9. The van der Waals surface area contributed by atoms with Gasteiger partial charge < -0.3 is 34.2 Å². The molecule has 13 nitrogen and oxygen atoms in total. The number of ketones is 4. The number of hydrogen-bond acceptors (Lipinski definition) is 11. The molecule has 2 fully saturated rings. The third-order valence-electron chi connectivity index (χ3n) is 9.43. The molecule has 2 heterocycles. The molecule has 13 heteroatoms. The number of methoxy groups -OCH3 is 1. The monoisotopic (exact) mass is 859 g/mol. The first-order valence-corrected chi connectivity index (χ1v) is 22.6. The Labute approximate surface area is 368 Å². The highest BCUT2D eigenvalue weighted by molar-refractivity contribution is 5.81. The average Bonchev–Trinajstić information content (AvgIpc) is 3.20. The highest BCUT2D eigenvalue weighted by Gasteiger charge is 2.21. The quantitative estimate of drug-likeness (QED) is 0.146. The van der Waals surface area contributed by atoms with Crippen LogP contribution in [-0.2, 0) is 38.2 Å². The van der Waals surface area contributed by atoms with Crippen LogP contribution in [0.5, 0.6) is 0 Å². The predicted molar refractivity (Wildman–Crippen MR) is 246 cm³/mol. The molecule has 0 aromatic rings. The molecule has 0 unspecified atom stereocenters. The van der Waals surface area contributed by atoms with Crippen LogP contribution in [0.15, 0.2) is 0 Å². The Morgan fingerprint density at radius 3 is 1.23 bits per heavy atom. The Kier molecular flexibility index (Phi) is 43.2. The maximum absolute atomic E-state index is 11.5. The van der Waals surface area contributed by atoms with E-state index in [1.54, 1.807) is 7.11 Å². The van der Waals surface area contributed by atoms with E-state index in [0.29, 0.717) is 68.8 Å². The molecule has 0 atom stereocenters. The first-order chi connectivity index (χ1) is 27.9. The summed E-state index contributed by atoms with van der Waals surface area (Å²) in [4.78, 5) is 74.4. The summed E-state index contributed by atoms with van der Waals surface area (Å²) in [5, 5.41) is 8.34. The molecule has 0 spiro atoms. The fourth-order valence-electron chi connectivity index (χ4n) is 5.03. The van der Waals surface area contributed by atoms with Crippen LogP contribution in [0.3, 0.4) is 0 Å². The number of carbonyl (C=O) groups is 6. The van der Waals surface area contributed by atoms with Crippen molar-refractivity contribution in [2.24, 2.45) is 35.5 Å². The topological polar surface area (TPSA) is 154 Å². The number of morpholine rings is 1. The van der Waals surface area contributed by atoms with Gasteiger partial charge in [-0.25, -0.2) is 0 Å². The first-order valence-electron chi connectivity index (χ1n) is 22.6. The molecule has 2 saturated heterocycles. The summed E-state index contributed by atoms with van der Waals surface area (Å²) < 4.78 is 9.96. The molecule has 0 aliphatic carbocycles. The van der Waals surface area contributed by atoms with E-state index < -0.39 is 0 Å². The summed E-state index contributed by atoms with van der Waals surface area (Å²) >= 11 is 0. The lowest BCUT2D eigenvalue weighted by Gasteiger charge is -2.33. The van der Waals surface area contributed by atoms with Crippen LogP contribution in [0.25, 0.3) is 0 Å². The van der Waals surface area contributed by atoms with E-state index in [1.807, 2.05) is 114 Å². The van der Waals surface area contributed by atoms with Gasteiger partial charge in [-0.05, 0) is 47.0 Å². The van der Waals surface area contributed by atoms with Gasteiger partial charge in [0.1, 0.15) is 23.1 Å². The van der Waals surface area contributed by atoms with Crippen molar-refractivity contribution in [3.63, 3.8) is 0 Å². The van der Waals surface area contributed by atoms with Crippen LogP contribution in [0.2, 0.25) is 0 Å². The molecular weight excluding hydrogens is 765 g/mol. The molecule has 2 aliphatic heterocycles. The van der Waals surface area contributed by atoms with Gasteiger partial charge in [-0.15, -0.1) is 0 Å². The maximum Gasteiger partial charge on any atom is 0.225 e. The lowest BCUT2D eigenvalue weighted by atomic mass is 10.0. The number of nitrogens with zero attached hydrogens (tertiary/aromatic N) is 4. The molecule has 0 bridgehead atoms. The van der Waals surface area contributed by atoms with Crippen LogP contribution < -0.4 is 0 Å². The molecule has 356 valence electrons. The third-order valence-corrected chi connectivity index (χ3v) is 9.43.